The number of hydrogen-bond donors (Lipinski definition) is 0. The maximum atomic E-state index is 12.6. The highest BCUT2D eigenvalue weighted by molar-refractivity contribution is 5.17. The standard InChI is InChI=1S/C11H17F/c1-11(2,3)8-9-4-6-10(12)7-5-9/h4,6-7,9H,5,8H2,1-3H3/t9-/m1/s1. The highest BCUT2D eigenvalue weighted by atomic mass is 19.1. The SMILES string of the molecule is CC(C)(C)C[C@@H]1C=CC(F)=CC1. The summed E-state index contributed by atoms with van der Waals surface area (Å²) in [6.07, 6.45) is 7.24. The Bertz CT molecular complexity index is 206. The number of hydrogen-bond acceptors (Lipinski definition) is 0. The molecular weight excluding hydrogens is 151 g/mol. The highest BCUT2D eigenvalue weighted by Gasteiger charge is 2.17. The van der Waals surface area contributed by atoms with Crippen LogP contribution in [0.15, 0.2) is 24.1 Å². The smallest absolute Gasteiger partial charge is 0.118 e. The van der Waals surface area contributed by atoms with E-state index in [0.717, 1.165) is 12.8 Å². The van der Waals surface area contributed by atoms with Crippen LogP contribution in [0.1, 0.15) is 33.6 Å². The van der Waals surface area contributed by atoms with Gasteiger partial charge in [-0.15, -0.1) is 0 Å². The maximum absolute atomic E-state index is 12.6. The van der Waals surface area contributed by atoms with Crippen molar-refractivity contribution in [2.45, 2.75) is 33.6 Å². The minimum atomic E-state index is -0.0832. The molecule has 0 saturated carbocycles. The third kappa shape index (κ3) is 3.21. The van der Waals surface area contributed by atoms with Crippen LogP contribution in [0.3, 0.4) is 0 Å². The Kier molecular flexibility index (Phi) is 2.71. The van der Waals surface area contributed by atoms with Gasteiger partial charge in [-0.1, -0.05) is 26.8 Å². The molecule has 0 amide bonds. The first-order chi connectivity index (χ1) is 5.47. The lowest BCUT2D eigenvalue weighted by atomic mass is 9.82. The molecule has 0 aromatic heterocycles. The van der Waals surface area contributed by atoms with Crippen molar-refractivity contribution >= 4 is 0 Å². The van der Waals surface area contributed by atoms with E-state index in [2.05, 4.69) is 20.8 Å². The van der Waals surface area contributed by atoms with E-state index in [-0.39, 0.29) is 5.83 Å². The summed E-state index contributed by atoms with van der Waals surface area (Å²) in [5.74, 6) is 0.449. The van der Waals surface area contributed by atoms with Gasteiger partial charge in [0, 0.05) is 0 Å². The molecular formula is C11H17F. The fourth-order valence-electron chi connectivity index (χ4n) is 1.58. The van der Waals surface area contributed by atoms with E-state index in [9.17, 15) is 4.39 Å². The summed E-state index contributed by atoms with van der Waals surface area (Å²) in [5.41, 5.74) is 0.344. The summed E-state index contributed by atoms with van der Waals surface area (Å²) in [5, 5.41) is 0. The van der Waals surface area contributed by atoms with Crippen LogP contribution in [0.4, 0.5) is 4.39 Å². The van der Waals surface area contributed by atoms with Gasteiger partial charge in [-0.05, 0) is 36.3 Å². The molecule has 0 aromatic rings. The zero-order valence-corrected chi connectivity index (χ0v) is 8.10. The van der Waals surface area contributed by atoms with Crippen molar-refractivity contribution in [1.29, 1.82) is 0 Å². The largest absolute Gasteiger partial charge is 0.207 e. The van der Waals surface area contributed by atoms with E-state index in [1.165, 1.54) is 0 Å². The molecule has 0 bridgehead atoms. The second kappa shape index (κ2) is 3.42. The average molecular weight is 168 g/mol. The molecule has 0 heterocycles. The second-order valence-corrected chi connectivity index (χ2v) is 4.71. The molecule has 1 aliphatic rings. The quantitative estimate of drug-likeness (QED) is 0.558. The normalized spacial score (nSPS) is 24.0. The Labute approximate surface area is 74.2 Å². The third-order valence-corrected chi connectivity index (χ3v) is 2.02. The second-order valence-electron chi connectivity index (χ2n) is 4.71. The third-order valence-electron chi connectivity index (χ3n) is 2.02. The molecule has 1 aliphatic carbocycles. The molecule has 1 atom stereocenters. The first kappa shape index (κ1) is 9.50. The fourth-order valence-corrected chi connectivity index (χ4v) is 1.58. The predicted molar refractivity (Wildman–Crippen MR) is 50.5 cm³/mol. The summed E-state index contributed by atoms with van der Waals surface area (Å²) >= 11 is 0. The van der Waals surface area contributed by atoms with Crippen LogP contribution in [0.25, 0.3) is 0 Å². The molecule has 12 heavy (non-hydrogen) atoms. The van der Waals surface area contributed by atoms with Crippen molar-refractivity contribution in [3.05, 3.63) is 24.1 Å². The van der Waals surface area contributed by atoms with Crippen molar-refractivity contribution in [2.75, 3.05) is 0 Å². The lowest BCUT2D eigenvalue weighted by Crippen LogP contribution is -2.12. The minimum absolute atomic E-state index is 0.0832. The lowest BCUT2D eigenvalue weighted by Gasteiger charge is -2.24. The van der Waals surface area contributed by atoms with E-state index in [4.69, 9.17) is 0 Å². The Hall–Kier alpha value is -0.590. The molecule has 68 valence electrons. The van der Waals surface area contributed by atoms with Gasteiger partial charge >= 0.3 is 0 Å². The first-order valence-electron chi connectivity index (χ1n) is 4.51. The van der Waals surface area contributed by atoms with E-state index >= 15 is 0 Å². The Morgan fingerprint density at radius 3 is 2.58 bits per heavy atom. The van der Waals surface area contributed by atoms with Gasteiger partial charge < -0.3 is 0 Å². The number of halogens is 1. The van der Waals surface area contributed by atoms with E-state index in [0.29, 0.717) is 11.3 Å². The monoisotopic (exact) mass is 168 g/mol. The zero-order chi connectivity index (χ0) is 9.19. The van der Waals surface area contributed by atoms with Gasteiger partial charge in [-0.2, -0.15) is 0 Å². The maximum Gasteiger partial charge on any atom is 0.118 e. The van der Waals surface area contributed by atoms with Crippen LogP contribution < -0.4 is 0 Å². The van der Waals surface area contributed by atoms with Gasteiger partial charge in [0.2, 0.25) is 0 Å². The summed E-state index contributed by atoms with van der Waals surface area (Å²) in [6.45, 7) is 6.65. The Morgan fingerprint density at radius 1 is 1.50 bits per heavy atom. The van der Waals surface area contributed by atoms with Crippen molar-refractivity contribution in [3.8, 4) is 0 Å². The molecule has 0 saturated heterocycles. The van der Waals surface area contributed by atoms with Gasteiger partial charge in [0.05, 0.1) is 0 Å². The van der Waals surface area contributed by atoms with Crippen LogP contribution >= 0.6 is 0 Å². The fraction of sp³-hybridized carbons (Fsp3) is 0.636. The minimum Gasteiger partial charge on any atom is -0.207 e. The molecule has 0 nitrogen and oxygen atoms in total. The predicted octanol–water partition coefficient (Wildman–Crippen LogP) is 3.85. The van der Waals surface area contributed by atoms with Crippen molar-refractivity contribution in [1.82, 2.24) is 0 Å². The summed E-state index contributed by atoms with van der Waals surface area (Å²) < 4.78 is 12.6. The summed E-state index contributed by atoms with van der Waals surface area (Å²) in [4.78, 5) is 0. The van der Waals surface area contributed by atoms with Crippen molar-refractivity contribution < 1.29 is 4.39 Å². The van der Waals surface area contributed by atoms with E-state index in [1.54, 1.807) is 12.2 Å². The summed E-state index contributed by atoms with van der Waals surface area (Å²) in [7, 11) is 0. The number of allylic oxidation sites excluding steroid dienone is 4. The van der Waals surface area contributed by atoms with Gasteiger partial charge in [0.25, 0.3) is 0 Å². The van der Waals surface area contributed by atoms with Crippen LogP contribution in [0.2, 0.25) is 0 Å². The van der Waals surface area contributed by atoms with E-state index < -0.39 is 0 Å². The van der Waals surface area contributed by atoms with Crippen LogP contribution in [0, 0.1) is 11.3 Å². The van der Waals surface area contributed by atoms with Gasteiger partial charge in [0.15, 0.2) is 0 Å². The zero-order valence-electron chi connectivity index (χ0n) is 8.10. The number of rotatable bonds is 1. The van der Waals surface area contributed by atoms with Gasteiger partial charge in [-0.3, -0.25) is 0 Å². The average Bonchev–Trinajstić information content (AvgIpc) is 1.91. The molecule has 1 rings (SSSR count). The lowest BCUT2D eigenvalue weighted by molar-refractivity contribution is 0.324. The molecule has 0 radical (unpaired) electrons. The van der Waals surface area contributed by atoms with Gasteiger partial charge in [-0.25, -0.2) is 4.39 Å². The van der Waals surface area contributed by atoms with Crippen molar-refractivity contribution in [3.63, 3.8) is 0 Å². The van der Waals surface area contributed by atoms with Crippen molar-refractivity contribution in [2.24, 2.45) is 11.3 Å². The molecule has 0 unspecified atom stereocenters. The van der Waals surface area contributed by atoms with E-state index in [1.807, 2.05) is 6.08 Å². The van der Waals surface area contributed by atoms with Crippen LogP contribution in [-0.2, 0) is 0 Å². The summed E-state index contributed by atoms with van der Waals surface area (Å²) in [6, 6.07) is 0. The first-order valence-corrected chi connectivity index (χ1v) is 4.51. The van der Waals surface area contributed by atoms with Crippen LogP contribution in [0.5, 0.6) is 0 Å². The van der Waals surface area contributed by atoms with Crippen LogP contribution in [-0.4, -0.2) is 0 Å². The highest BCUT2D eigenvalue weighted by Crippen LogP contribution is 2.29. The van der Waals surface area contributed by atoms with Gasteiger partial charge in [0.1, 0.15) is 5.83 Å². The topological polar surface area (TPSA) is 0 Å². The molecule has 0 N–H and O–H groups in total. The molecule has 0 fully saturated rings. The Morgan fingerprint density at radius 2 is 2.17 bits per heavy atom. The Balaban J connectivity index is 2.44. The molecule has 0 spiro atoms. The molecule has 0 aliphatic heterocycles. The molecule has 0 aromatic carbocycles. The molecule has 1 heteroatoms.